The van der Waals surface area contributed by atoms with Gasteiger partial charge in [0.15, 0.2) is 11.5 Å². The average Bonchev–Trinajstić information content (AvgIpc) is 3.33. The summed E-state index contributed by atoms with van der Waals surface area (Å²) >= 11 is 3.35. The van der Waals surface area contributed by atoms with Crippen molar-refractivity contribution in [2.75, 3.05) is 18.9 Å². The lowest BCUT2D eigenvalue weighted by Gasteiger charge is -2.12. The van der Waals surface area contributed by atoms with E-state index in [0.29, 0.717) is 13.2 Å². The number of quaternary nitrogens is 1. The number of hydrogen-bond donors (Lipinski definition) is 1. The smallest absolute Gasteiger partial charge is 0.209 e. The van der Waals surface area contributed by atoms with Crippen LogP contribution in [0.25, 0.3) is 0 Å². The molecule has 0 aliphatic heterocycles. The predicted octanol–water partition coefficient (Wildman–Crippen LogP) is 2.10. The Balaban J connectivity index is 1.48. The van der Waals surface area contributed by atoms with E-state index in [1.807, 2.05) is 26.1 Å². The molecule has 2 N–H and O–H groups in total. The van der Waals surface area contributed by atoms with Gasteiger partial charge >= 0.3 is 0 Å². The Morgan fingerprint density at radius 2 is 2.15 bits per heavy atom. The molecule has 1 aromatic carbocycles. The van der Waals surface area contributed by atoms with Crippen LogP contribution < -0.4 is 14.8 Å². The minimum absolute atomic E-state index is 0.567. The number of aryl methyl sites for hydroxylation is 1. The maximum atomic E-state index is 5.94. The molecule has 2 aromatic heterocycles. The topological polar surface area (TPSA) is 78.7 Å². The second-order valence-corrected chi connectivity index (χ2v) is 7.89. The van der Waals surface area contributed by atoms with Crippen molar-refractivity contribution >= 4 is 23.1 Å². The molecule has 0 unspecified atom stereocenters. The van der Waals surface area contributed by atoms with E-state index in [4.69, 9.17) is 9.47 Å². The lowest BCUT2D eigenvalue weighted by Crippen LogP contribution is -2.83. The summed E-state index contributed by atoms with van der Waals surface area (Å²) < 4.78 is 13.4. The molecule has 0 saturated heterocycles. The summed E-state index contributed by atoms with van der Waals surface area (Å²) in [5.41, 5.74) is 1.22. The molecule has 27 heavy (non-hydrogen) atoms. The molecule has 144 valence electrons. The number of nitrogens with two attached hydrogens (primary N) is 1. The van der Waals surface area contributed by atoms with E-state index in [-0.39, 0.29) is 0 Å². The number of benzene rings is 1. The molecule has 0 radical (unpaired) electrons. The van der Waals surface area contributed by atoms with E-state index < -0.39 is 0 Å². The number of rotatable bonds is 11. The van der Waals surface area contributed by atoms with Gasteiger partial charge in [-0.15, -0.1) is 16.4 Å². The van der Waals surface area contributed by atoms with Gasteiger partial charge in [-0.1, -0.05) is 17.8 Å². The Kier molecular flexibility index (Phi) is 7.49. The Hall–Kier alpha value is -2.10. The zero-order valence-corrected chi connectivity index (χ0v) is 17.1. The highest BCUT2D eigenvalue weighted by Gasteiger charge is 2.09. The summed E-state index contributed by atoms with van der Waals surface area (Å²) in [4.78, 5) is 1.20. The van der Waals surface area contributed by atoms with Crippen molar-refractivity contribution in [2.24, 2.45) is 7.05 Å². The Labute approximate surface area is 167 Å². The Morgan fingerprint density at radius 1 is 1.22 bits per heavy atom. The van der Waals surface area contributed by atoms with Gasteiger partial charge in [-0.05, 0) is 47.0 Å². The normalized spacial score (nSPS) is 10.9. The van der Waals surface area contributed by atoms with Gasteiger partial charge in [0.2, 0.25) is 5.16 Å². The van der Waals surface area contributed by atoms with E-state index in [1.165, 1.54) is 10.4 Å². The number of nitrogens with zero attached hydrogens (tertiary/aromatic N) is 4. The molecule has 2 heterocycles. The van der Waals surface area contributed by atoms with Crippen molar-refractivity contribution in [3.63, 3.8) is 0 Å². The molecule has 9 heteroatoms. The highest BCUT2D eigenvalue weighted by atomic mass is 32.2. The van der Waals surface area contributed by atoms with Crippen LogP contribution >= 0.6 is 23.1 Å². The predicted molar refractivity (Wildman–Crippen MR) is 106 cm³/mol. The number of tetrazole rings is 1. The van der Waals surface area contributed by atoms with Crippen molar-refractivity contribution in [3.05, 3.63) is 46.2 Å². The minimum atomic E-state index is 0.567. The number of aromatic nitrogens is 4. The summed E-state index contributed by atoms with van der Waals surface area (Å²) in [6.45, 7) is 5.05. The second-order valence-electron chi connectivity index (χ2n) is 5.80. The number of thioether (sulfide) groups is 1. The van der Waals surface area contributed by atoms with Gasteiger partial charge < -0.3 is 14.8 Å². The van der Waals surface area contributed by atoms with Crippen LogP contribution in [0.5, 0.6) is 11.5 Å². The first kappa shape index (κ1) is 19.7. The van der Waals surface area contributed by atoms with E-state index >= 15 is 0 Å². The molecule has 0 atom stereocenters. The Morgan fingerprint density at radius 3 is 2.89 bits per heavy atom. The summed E-state index contributed by atoms with van der Waals surface area (Å²) in [7, 11) is 1.85. The van der Waals surface area contributed by atoms with Gasteiger partial charge in [0, 0.05) is 17.5 Å². The lowest BCUT2D eigenvalue weighted by atomic mass is 10.2. The van der Waals surface area contributed by atoms with Crippen LogP contribution in [0, 0.1) is 0 Å². The monoisotopic (exact) mass is 406 g/mol. The molecular formula is C18H24N5O2S2+. The first-order valence-electron chi connectivity index (χ1n) is 8.84. The summed E-state index contributed by atoms with van der Waals surface area (Å²) in [6.07, 6.45) is 0. The average molecular weight is 407 g/mol. The number of ether oxygens (including phenoxy) is 2. The van der Waals surface area contributed by atoms with Gasteiger partial charge in [0.1, 0.15) is 13.2 Å². The van der Waals surface area contributed by atoms with Crippen LogP contribution in [0.3, 0.4) is 0 Å². The maximum Gasteiger partial charge on any atom is 0.209 e. The molecule has 0 spiro atoms. The fraction of sp³-hybridized carbons (Fsp3) is 0.389. The quantitative estimate of drug-likeness (QED) is 0.388. The highest BCUT2D eigenvalue weighted by Crippen LogP contribution is 2.29. The molecule has 3 aromatic rings. The van der Waals surface area contributed by atoms with Gasteiger partial charge in [-0.2, -0.15) is 0 Å². The molecule has 7 nitrogen and oxygen atoms in total. The minimum Gasteiger partial charge on any atom is -0.490 e. The molecule has 3 rings (SSSR count). The van der Waals surface area contributed by atoms with Crippen molar-refractivity contribution < 1.29 is 14.8 Å². The van der Waals surface area contributed by atoms with Gasteiger partial charge in [-0.25, -0.2) is 4.68 Å². The molecule has 0 saturated carbocycles. The van der Waals surface area contributed by atoms with Crippen LogP contribution in [-0.4, -0.2) is 39.1 Å². The van der Waals surface area contributed by atoms with Gasteiger partial charge in [0.05, 0.1) is 18.9 Å². The standard InChI is InChI=1S/C18H23N5O2S2/c1-3-24-17-11-14(6-7-16(17)25-13-15-5-4-9-26-15)12-19-8-10-27-18-20-21-22-23(18)2/h4-7,9,11,19H,3,8,10,12-13H2,1-2H3/p+1. The van der Waals surface area contributed by atoms with Crippen molar-refractivity contribution in [3.8, 4) is 11.5 Å². The molecule has 0 bridgehead atoms. The fourth-order valence-electron chi connectivity index (χ4n) is 2.46. The third-order valence-electron chi connectivity index (χ3n) is 3.77. The van der Waals surface area contributed by atoms with E-state index in [2.05, 4.69) is 44.4 Å². The first-order chi connectivity index (χ1) is 13.3. The third-order valence-corrected chi connectivity index (χ3v) is 5.67. The van der Waals surface area contributed by atoms with Crippen LogP contribution in [0.4, 0.5) is 0 Å². The largest absolute Gasteiger partial charge is 0.490 e. The van der Waals surface area contributed by atoms with Gasteiger partial charge in [-0.3, -0.25) is 0 Å². The van der Waals surface area contributed by atoms with Crippen molar-refractivity contribution in [2.45, 2.75) is 25.2 Å². The fourth-order valence-corrected chi connectivity index (χ4v) is 3.86. The SMILES string of the molecule is CCOc1cc(C[NH2+]CCSc2nnnn2C)ccc1OCc1cccs1. The lowest BCUT2D eigenvalue weighted by molar-refractivity contribution is -0.666. The summed E-state index contributed by atoms with van der Waals surface area (Å²) in [6, 6.07) is 10.3. The second kappa shape index (κ2) is 10.3. The molecule has 0 amide bonds. The van der Waals surface area contributed by atoms with Crippen LogP contribution in [0.1, 0.15) is 17.4 Å². The molecule has 0 aliphatic rings. The van der Waals surface area contributed by atoms with Crippen LogP contribution in [0.15, 0.2) is 40.9 Å². The van der Waals surface area contributed by atoms with Crippen molar-refractivity contribution in [1.82, 2.24) is 20.2 Å². The molecule has 0 aliphatic carbocycles. The number of thiophene rings is 1. The summed E-state index contributed by atoms with van der Waals surface area (Å²) in [5.74, 6) is 2.55. The van der Waals surface area contributed by atoms with E-state index in [9.17, 15) is 0 Å². The molecule has 0 fully saturated rings. The number of hydrogen-bond acceptors (Lipinski definition) is 7. The van der Waals surface area contributed by atoms with E-state index in [0.717, 1.165) is 35.5 Å². The maximum absolute atomic E-state index is 5.94. The zero-order chi connectivity index (χ0) is 18.9. The highest BCUT2D eigenvalue weighted by molar-refractivity contribution is 7.99. The Bertz CT molecular complexity index is 823. The van der Waals surface area contributed by atoms with Gasteiger partial charge in [0.25, 0.3) is 0 Å². The molecular weight excluding hydrogens is 382 g/mol. The van der Waals surface area contributed by atoms with E-state index in [1.54, 1.807) is 27.8 Å². The summed E-state index contributed by atoms with van der Waals surface area (Å²) in [5, 5.41) is 16.6. The van der Waals surface area contributed by atoms with Crippen LogP contribution in [-0.2, 0) is 20.2 Å². The first-order valence-corrected chi connectivity index (χ1v) is 10.7. The van der Waals surface area contributed by atoms with Crippen LogP contribution in [0.2, 0.25) is 0 Å². The zero-order valence-electron chi connectivity index (χ0n) is 15.5. The van der Waals surface area contributed by atoms with Crippen molar-refractivity contribution in [1.29, 1.82) is 0 Å². The third kappa shape index (κ3) is 5.95.